The van der Waals surface area contributed by atoms with E-state index in [1.807, 2.05) is 13.8 Å². The topological polar surface area (TPSA) is 58.6 Å². The molecule has 2 aromatic carbocycles. The Kier molecular flexibility index (Phi) is 7.48. The van der Waals surface area contributed by atoms with E-state index in [4.69, 9.17) is 23.2 Å². The Morgan fingerprint density at radius 2 is 1.89 bits per heavy atom. The molecule has 1 amide bonds. The summed E-state index contributed by atoms with van der Waals surface area (Å²) in [7, 11) is 1.37. The number of halogens is 3. The highest BCUT2D eigenvalue weighted by Gasteiger charge is 2.18. The van der Waals surface area contributed by atoms with Crippen molar-refractivity contribution in [2.45, 2.75) is 39.0 Å². The lowest BCUT2D eigenvalue weighted by molar-refractivity contribution is -0.131. The second kappa shape index (κ2) is 9.40. The molecule has 0 radical (unpaired) electrons. The van der Waals surface area contributed by atoms with Crippen LogP contribution in [0.4, 0.5) is 4.39 Å². The number of aromatic hydroxyl groups is 1. The van der Waals surface area contributed by atoms with Gasteiger partial charge in [-0.15, -0.1) is 0 Å². The van der Waals surface area contributed by atoms with Crippen LogP contribution in [0.2, 0.25) is 10.0 Å². The molecule has 0 atom stereocenters. The maximum Gasteiger partial charge on any atom is 0.243 e. The molecule has 0 aliphatic carbocycles. The van der Waals surface area contributed by atoms with Crippen LogP contribution in [-0.4, -0.2) is 18.1 Å². The average Bonchev–Trinajstić information content (AvgIpc) is 2.58. The highest BCUT2D eigenvalue weighted by atomic mass is 35.5. The third-order valence-electron chi connectivity index (χ3n) is 4.24. The van der Waals surface area contributed by atoms with Gasteiger partial charge < -0.3 is 5.11 Å². The minimum Gasteiger partial charge on any atom is -0.508 e. The van der Waals surface area contributed by atoms with Crippen LogP contribution in [0, 0.1) is 5.82 Å². The molecule has 0 bridgehead atoms. The molecule has 0 heterocycles. The maximum atomic E-state index is 14.8. The van der Waals surface area contributed by atoms with Gasteiger partial charge in [-0.25, -0.2) is 9.87 Å². The van der Waals surface area contributed by atoms with Crippen molar-refractivity contribution in [3.8, 4) is 5.75 Å². The van der Waals surface area contributed by atoms with Gasteiger partial charge in [0.1, 0.15) is 11.6 Å². The smallest absolute Gasteiger partial charge is 0.243 e. The quantitative estimate of drug-likeness (QED) is 0.616. The zero-order valence-electron chi connectivity index (χ0n) is 15.4. The van der Waals surface area contributed by atoms with E-state index in [1.165, 1.54) is 19.2 Å². The molecule has 0 aliphatic heterocycles. The molecule has 0 unspecified atom stereocenters. The van der Waals surface area contributed by atoms with Crippen molar-refractivity contribution in [3.05, 3.63) is 62.4 Å². The summed E-state index contributed by atoms with van der Waals surface area (Å²) in [4.78, 5) is 16.0. The van der Waals surface area contributed by atoms with Crippen molar-refractivity contribution in [2.24, 2.45) is 0 Å². The SMILES string of the molecule is CONC(=O)CCc1cc(Cl)c(Cc2ccc(O)c(C(C)C)c2F)c(Cl)c1. The zero-order valence-corrected chi connectivity index (χ0v) is 16.9. The molecular weight excluding hydrogens is 392 g/mol. The van der Waals surface area contributed by atoms with Crippen molar-refractivity contribution in [3.63, 3.8) is 0 Å². The Labute approximate surface area is 168 Å². The van der Waals surface area contributed by atoms with Crippen molar-refractivity contribution in [1.29, 1.82) is 0 Å². The van der Waals surface area contributed by atoms with Gasteiger partial charge in [0.15, 0.2) is 0 Å². The fourth-order valence-electron chi connectivity index (χ4n) is 2.90. The number of hydrogen-bond acceptors (Lipinski definition) is 3. The summed E-state index contributed by atoms with van der Waals surface area (Å²) in [6, 6.07) is 6.47. The van der Waals surface area contributed by atoms with Gasteiger partial charge in [0.05, 0.1) is 7.11 Å². The molecule has 7 heteroatoms. The number of carbonyl (C=O) groups is 1. The van der Waals surface area contributed by atoms with E-state index in [0.717, 1.165) is 5.56 Å². The Morgan fingerprint density at radius 3 is 2.44 bits per heavy atom. The minimum absolute atomic E-state index is 0.0619. The summed E-state index contributed by atoms with van der Waals surface area (Å²) in [5, 5.41) is 10.7. The van der Waals surface area contributed by atoms with Crippen LogP contribution in [0.15, 0.2) is 24.3 Å². The van der Waals surface area contributed by atoms with Gasteiger partial charge in [0.25, 0.3) is 0 Å². The largest absolute Gasteiger partial charge is 0.508 e. The number of phenols is 1. The third-order valence-corrected chi connectivity index (χ3v) is 4.91. The molecular formula is C20H22Cl2FNO3. The fourth-order valence-corrected chi connectivity index (χ4v) is 3.56. The first-order valence-corrected chi connectivity index (χ1v) is 9.29. The number of carbonyl (C=O) groups excluding carboxylic acids is 1. The fraction of sp³-hybridized carbons (Fsp3) is 0.350. The Hall–Kier alpha value is -1.82. The molecule has 146 valence electrons. The molecule has 0 fully saturated rings. The van der Waals surface area contributed by atoms with Crippen LogP contribution in [0.5, 0.6) is 5.75 Å². The number of nitrogens with one attached hydrogen (secondary N) is 1. The summed E-state index contributed by atoms with van der Waals surface area (Å²) in [5.41, 5.74) is 4.33. The summed E-state index contributed by atoms with van der Waals surface area (Å²) in [6.45, 7) is 3.63. The first-order chi connectivity index (χ1) is 12.7. The Morgan fingerprint density at radius 1 is 1.26 bits per heavy atom. The molecule has 4 nitrogen and oxygen atoms in total. The number of benzene rings is 2. The predicted octanol–water partition coefficient (Wildman–Crippen LogP) is 5.16. The number of amides is 1. The van der Waals surface area contributed by atoms with Crippen molar-refractivity contribution < 1.29 is 19.1 Å². The van der Waals surface area contributed by atoms with Crippen LogP contribution in [0.3, 0.4) is 0 Å². The molecule has 2 aromatic rings. The summed E-state index contributed by atoms with van der Waals surface area (Å²) in [6.07, 6.45) is 0.873. The molecule has 0 aliphatic rings. The van der Waals surface area contributed by atoms with E-state index in [2.05, 4.69) is 10.3 Å². The number of aryl methyl sites for hydroxylation is 1. The number of rotatable bonds is 7. The number of hydrogen-bond donors (Lipinski definition) is 2. The summed E-state index contributed by atoms with van der Waals surface area (Å²) in [5.74, 6) is -0.914. The Balaban J connectivity index is 2.25. The lowest BCUT2D eigenvalue weighted by Gasteiger charge is -2.15. The van der Waals surface area contributed by atoms with Crippen LogP contribution >= 0.6 is 23.2 Å². The molecule has 2 N–H and O–H groups in total. The van der Waals surface area contributed by atoms with E-state index in [1.54, 1.807) is 12.1 Å². The summed E-state index contributed by atoms with van der Waals surface area (Å²) < 4.78 is 14.8. The monoisotopic (exact) mass is 413 g/mol. The van der Waals surface area contributed by atoms with E-state index >= 15 is 0 Å². The van der Waals surface area contributed by atoms with Crippen molar-refractivity contribution in [2.75, 3.05) is 7.11 Å². The normalized spacial score (nSPS) is 11.1. The molecule has 0 saturated heterocycles. The second-order valence-electron chi connectivity index (χ2n) is 6.57. The molecule has 0 spiro atoms. The van der Waals surface area contributed by atoms with Crippen LogP contribution in [-0.2, 0) is 22.5 Å². The van der Waals surface area contributed by atoms with Gasteiger partial charge >= 0.3 is 0 Å². The van der Waals surface area contributed by atoms with Gasteiger partial charge in [-0.1, -0.05) is 43.1 Å². The van der Waals surface area contributed by atoms with E-state index in [9.17, 15) is 14.3 Å². The van der Waals surface area contributed by atoms with E-state index in [0.29, 0.717) is 27.6 Å². The third kappa shape index (κ3) is 5.34. The Bertz CT molecular complexity index is 817. The van der Waals surface area contributed by atoms with Gasteiger partial charge in [-0.2, -0.15) is 0 Å². The number of hydroxylamine groups is 1. The van der Waals surface area contributed by atoms with Crippen molar-refractivity contribution in [1.82, 2.24) is 5.48 Å². The zero-order chi connectivity index (χ0) is 20.1. The minimum atomic E-state index is -0.447. The highest BCUT2D eigenvalue weighted by molar-refractivity contribution is 6.36. The maximum absolute atomic E-state index is 14.8. The molecule has 0 saturated carbocycles. The first kappa shape index (κ1) is 21.5. The molecule has 27 heavy (non-hydrogen) atoms. The van der Waals surface area contributed by atoms with Gasteiger partial charge in [0, 0.05) is 28.5 Å². The predicted molar refractivity (Wildman–Crippen MR) is 105 cm³/mol. The van der Waals surface area contributed by atoms with Crippen LogP contribution < -0.4 is 5.48 Å². The van der Waals surface area contributed by atoms with E-state index < -0.39 is 5.82 Å². The van der Waals surface area contributed by atoms with Gasteiger partial charge in [0.2, 0.25) is 5.91 Å². The number of phenolic OH excluding ortho intramolecular Hbond substituents is 1. The van der Waals surface area contributed by atoms with Crippen molar-refractivity contribution >= 4 is 29.1 Å². The second-order valence-corrected chi connectivity index (χ2v) is 7.38. The highest BCUT2D eigenvalue weighted by Crippen LogP contribution is 2.34. The lowest BCUT2D eigenvalue weighted by Crippen LogP contribution is -2.21. The average molecular weight is 414 g/mol. The van der Waals surface area contributed by atoms with Gasteiger partial charge in [-0.05, 0) is 47.2 Å². The standard InChI is InChI=1S/C20H22Cl2FNO3/c1-11(2)19-17(25)6-5-13(20(19)23)10-14-15(21)8-12(9-16(14)22)4-7-18(26)24-27-3/h5-6,8-9,11,25H,4,7,10H2,1-3H3,(H,24,26). The van der Waals surface area contributed by atoms with Gasteiger partial charge in [-0.3, -0.25) is 9.63 Å². The first-order valence-electron chi connectivity index (χ1n) is 8.53. The molecule has 0 aromatic heterocycles. The summed E-state index contributed by atoms with van der Waals surface area (Å²) >= 11 is 12.7. The van der Waals surface area contributed by atoms with E-state index in [-0.39, 0.29) is 36.0 Å². The van der Waals surface area contributed by atoms with Crippen LogP contribution in [0.25, 0.3) is 0 Å². The molecule has 2 rings (SSSR count). The lowest BCUT2D eigenvalue weighted by atomic mass is 9.95. The van der Waals surface area contributed by atoms with Crippen LogP contribution in [0.1, 0.15) is 48.4 Å².